The Labute approximate surface area is 147 Å². The van der Waals surface area contributed by atoms with Crippen LogP contribution in [0, 0.1) is 0 Å². The third-order valence-corrected chi connectivity index (χ3v) is 0.372. The molecule has 0 aromatic heterocycles. The van der Waals surface area contributed by atoms with Crippen molar-refractivity contribution in [1.29, 1.82) is 0 Å². The Hall–Kier alpha value is -1.10. The molecule has 0 saturated heterocycles. The van der Waals surface area contributed by atoms with Crippen molar-refractivity contribution in [3.63, 3.8) is 0 Å². The molecule has 7 nitrogen and oxygen atoms in total. The number of carbonyl (C=O) groups is 4. The van der Waals surface area contributed by atoms with Gasteiger partial charge in [-0.05, 0) is 34.6 Å². The van der Waals surface area contributed by atoms with Gasteiger partial charge in [0.2, 0.25) is 0 Å². The first-order valence-electron chi connectivity index (χ1n) is 5.71. The molecule has 0 spiro atoms. The average molecular weight is 400 g/mol. The van der Waals surface area contributed by atoms with Crippen LogP contribution in [0.15, 0.2) is 0 Å². The first kappa shape index (κ1) is 37.3. The fourth-order valence-electron chi connectivity index (χ4n) is 0.136. The number of carbonyl (C=O) groups excluding carboxylic acids is 4. The maximum absolute atomic E-state index is 9.44. The van der Waals surface area contributed by atoms with E-state index in [1.54, 1.807) is 7.06 Å². The SMILES string of the molecule is CC(=O)[O-].CC(=O)[O-].CC(=O)[O-].CC(C)=O.[B][B][B]CC.[Rh+3]. The first-order chi connectivity index (χ1) is 9.34. The summed E-state index contributed by atoms with van der Waals surface area (Å²) in [6.07, 6.45) is 1.04. The van der Waals surface area contributed by atoms with E-state index in [9.17, 15) is 4.79 Å². The van der Waals surface area contributed by atoms with Gasteiger partial charge in [-0.2, -0.15) is 0 Å². The minimum atomic E-state index is -1.08. The van der Waals surface area contributed by atoms with E-state index in [0.717, 1.165) is 27.1 Å². The Morgan fingerprint density at radius 2 is 0.955 bits per heavy atom. The van der Waals surface area contributed by atoms with Gasteiger partial charge < -0.3 is 34.5 Å². The molecule has 0 amide bonds. The molecule has 4 radical (unpaired) electrons. The molecular formula is C11H20B3O7Rh. The molecule has 0 saturated carbocycles. The van der Waals surface area contributed by atoms with Crippen molar-refractivity contribution in [2.45, 2.75) is 47.9 Å². The molecule has 0 bridgehead atoms. The summed E-state index contributed by atoms with van der Waals surface area (Å²) in [6.45, 7) is 8.02. The Bertz CT molecular complexity index is 210. The summed E-state index contributed by atoms with van der Waals surface area (Å²) in [6, 6.07) is 0. The fourth-order valence-corrected chi connectivity index (χ4v) is 0.136. The van der Waals surface area contributed by atoms with E-state index < -0.39 is 17.9 Å². The van der Waals surface area contributed by atoms with Gasteiger partial charge in [-0.1, -0.05) is 13.2 Å². The zero-order chi connectivity index (χ0) is 18.4. The maximum Gasteiger partial charge on any atom is 3.00 e. The largest absolute Gasteiger partial charge is 3.00 e. The van der Waals surface area contributed by atoms with Crippen LogP contribution in [0.3, 0.4) is 0 Å². The van der Waals surface area contributed by atoms with E-state index in [4.69, 9.17) is 37.4 Å². The second-order valence-electron chi connectivity index (χ2n) is 3.22. The third-order valence-electron chi connectivity index (χ3n) is 0.372. The molecule has 0 fully saturated rings. The quantitative estimate of drug-likeness (QED) is 0.443. The normalized spacial score (nSPS) is 6.09. The molecule has 0 aromatic carbocycles. The maximum atomic E-state index is 9.44. The van der Waals surface area contributed by atoms with Crippen molar-refractivity contribution in [2.75, 3.05) is 0 Å². The van der Waals surface area contributed by atoms with Gasteiger partial charge in [0.25, 0.3) is 0 Å². The zero-order valence-corrected chi connectivity index (χ0v) is 15.3. The number of rotatable bonds is 2. The second-order valence-corrected chi connectivity index (χ2v) is 3.22. The number of carboxylic acid groups (broad SMARTS) is 3. The van der Waals surface area contributed by atoms with Gasteiger partial charge in [0.05, 0.1) is 7.17 Å². The molecule has 0 aromatic rings. The summed E-state index contributed by atoms with van der Waals surface area (Å²) in [7, 11) is 8.42. The van der Waals surface area contributed by atoms with Crippen molar-refractivity contribution in [1.82, 2.24) is 0 Å². The monoisotopic (exact) mass is 400 g/mol. The summed E-state index contributed by atoms with van der Waals surface area (Å²) in [5.41, 5.74) is 0. The van der Waals surface area contributed by atoms with Crippen LogP contribution in [-0.2, 0) is 38.7 Å². The molecule has 0 N–H and O–H groups in total. The van der Waals surface area contributed by atoms with Crippen LogP contribution in [0.5, 0.6) is 0 Å². The van der Waals surface area contributed by atoms with Crippen LogP contribution < -0.4 is 15.3 Å². The third kappa shape index (κ3) is 7500. The van der Waals surface area contributed by atoms with E-state index in [1.807, 2.05) is 14.1 Å². The number of hydrogen-bond donors (Lipinski definition) is 0. The Balaban J connectivity index is -0.0000000361. The van der Waals surface area contributed by atoms with Gasteiger partial charge in [0, 0.05) is 32.7 Å². The average Bonchev–Trinajstić information content (AvgIpc) is 2.14. The Morgan fingerprint density at radius 1 is 0.818 bits per heavy atom. The predicted octanol–water partition coefficient (Wildman–Crippen LogP) is -3.31. The predicted molar refractivity (Wildman–Crippen MR) is 76.1 cm³/mol. The number of Topliss-reactive ketones (excluding diaryl/α,β-unsaturated/α-hetero) is 1. The molecule has 0 atom stereocenters. The first-order valence-corrected chi connectivity index (χ1v) is 5.71. The Kier molecular flexibility index (Phi) is 62.3. The molecule has 0 heterocycles. The number of hydrogen-bond acceptors (Lipinski definition) is 7. The van der Waals surface area contributed by atoms with E-state index >= 15 is 0 Å². The molecule has 0 unspecified atom stereocenters. The van der Waals surface area contributed by atoms with Crippen molar-refractivity contribution in [2.24, 2.45) is 0 Å². The second kappa shape index (κ2) is 36.8. The van der Waals surface area contributed by atoms with Gasteiger partial charge in [-0.15, -0.1) is 0 Å². The summed E-state index contributed by atoms with van der Waals surface area (Å²) < 4.78 is 0. The van der Waals surface area contributed by atoms with Crippen LogP contribution in [0.4, 0.5) is 0 Å². The summed E-state index contributed by atoms with van der Waals surface area (Å²) in [5, 5.41) is 26.7. The molecule has 124 valence electrons. The van der Waals surface area contributed by atoms with Gasteiger partial charge >= 0.3 is 19.5 Å². The van der Waals surface area contributed by atoms with E-state index in [1.165, 1.54) is 13.8 Å². The molecule has 0 aliphatic heterocycles. The van der Waals surface area contributed by atoms with E-state index in [2.05, 4.69) is 0 Å². The number of aliphatic carboxylic acids is 3. The van der Waals surface area contributed by atoms with Gasteiger partial charge in [-0.25, -0.2) is 0 Å². The molecule has 0 aliphatic rings. The van der Waals surface area contributed by atoms with Crippen LogP contribution in [-0.4, -0.2) is 45.7 Å². The molecular weight excluding hydrogens is 379 g/mol. The van der Waals surface area contributed by atoms with Crippen molar-refractivity contribution < 1.29 is 54.0 Å². The molecule has 0 aliphatic carbocycles. The summed E-state index contributed by atoms with van der Waals surface area (Å²) in [4.78, 5) is 36.1. The smallest absolute Gasteiger partial charge is 0.550 e. The zero-order valence-electron chi connectivity index (χ0n) is 13.6. The van der Waals surface area contributed by atoms with Crippen molar-refractivity contribution >= 4 is 45.7 Å². The Morgan fingerprint density at radius 3 is 0.955 bits per heavy atom. The van der Waals surface area contributed by atoms with Crippen molar-refractivity contribution in [3.05, 3.63) is 0 Å². The summed E-state index contributed by atoms with van der Waals surface area (Å²) >= 11 is 0. The van der Waals surface area contributed by atoms with Crippen LogP contribution in [0.2, 0.25) is 6.32 Å². The van der Waals surface area contributed by atoms with E-state index in [0.29, 0.717) is 0 Å². The number of carboxylic acids is 3. The number of ketones is 1. The van der Waals surface area contributed by atoms with Crippen LogP contribution in [0.1, 0.15) is 41.5 Å². The van der Waals surface area contributed by atoms with E-state index in [-0.39, 0.29) is 25.3 Å². The van der Waals surface area contributed by atoms with Gasteiger partial charge in [0.15, 0.2) is 0 Å². The standard InChI is InChI=1S/C3H6O.C2H5B3.3C2H4O2.Rh/c1-3(2)4;1-2-4-5-3;3*1-2(3)4;/h1-2H3;2H2,1H3;3*1H3,(H,3,4);/q;;;;;+3/p-3. The molecule has 0 rings (SSSR count). The van der Waals surface area contributed by atoms with Crippen LogP contribution in [0.25, 0.3) is 0 Å². The fraction of sp³-hybridized carbons (Fsp3) is 0.636. The van der Waals surface area contributed by atoms with Crippen LogP contribution >= 0.6 is 0 Å². The van der Waals surface area contributed by atoms with Gasteiger partial charge in [0.1, 0.15) is 5.78 Å². The topological polar surface area (TPSA) is 137 Å². The molecule has 22 heavy (non-hydrogen) atoms. The minimum absolute atomic E-state index is 0. The minimum Gasteiger partial charge on any atom is -0.550 e. The van der Waals surface area contributed by atoms with Crippen molar-refractivity contribution in [3.8, 4) is 0 Å². The van der Waals surface area contributed by atoms with Gasteiger partial charge in [-0.3, -0.25) is 0 Å². The molecule has 11 heteroatoms. The summed E-state index contributed by atoms with van der Waals surface area (Å²) in [5.74, 6) is -3.08.